The van der Waals surface area contributed by atoms with Crippen LogP contribution in [0.25, 0.3) is 0 Å². The molecule has 0 aromatic carbocycles. The molecule has 0 aliphatic heterocycles. The normalized spacial score (nSPS) is 12.2. The van der Waals surface area contributed by atoms with Gasteiger partial charge in [-0.1, -0.05) is 0 Å². The molecule has 0 aliphatic carbocycles. The first-order valence-electron chi connectivity index (χ1n) is 5.31. The highest BCUT2D eigenvalue weighted by Crippen LogP contribution is 1.92. The van der Waals surface area contributed by atoms with Crippen LogP contribution >= 0.6 is 0 Å². The predicted molar refractivity (Wildman–Crippen MR) is 62.6 cm³/mol. The summed E-state index contributed by atoms with van der Waals surface area (Å²) in [7, 11) is 4.17. The van der Waals surface area contributed by atoms with Gasteiger partial charge in [0.25, 0.3) is 0 Å². The Labute approximate surface area is 87.8 Å². The van der Waals surface area contributed by atoms with E-state index in [2.05, 4.69) is 35.8 Å². The minimum atomic E-state index is 0.675. The standard InChI is InChI=1S/C10H24N4/c1-5-12-10(11)14(6-2)9-7-8-13(3)4/h5-9H2,1-4H3,(H2,11,12). The van der Waals surface area contributed by atoms with Crippen LogP contribution < -0.4 is 5.73 Å². The second-order valence-corrected chi connectivity index (χ2v) is 3.57. The second-order valence-electron chi connectivity index (χ2n) is 3.57. The van der Waals surface area contributed by atoms with E-state index in [-0.39, 0.29) is 0 Å². The second kappa shape index (κ2) is 7.62. The van der Waals surface area contributed by atoms with Gasteiger partial charge in [0.1, 0.15) is 0 Å². The molecule has 0 fully saturated rings. The van der Waals surface area contributed by atoms with E-state index >= 15 is 0 Å². The van der Waals surface area contributed by atoms with Crippen LogP contribution in [0, 0.1) is 0 Å². The number of nitrogens with two attached hydrogens (primary N) is 1. The third kappa shape index (κ3) is 5.80. The van der Waals surface area contributed by atoms with Crippen LogP contribution in [-0.2, 0) is 0 Å². The lowest BCUT2D eigenvalue weighted by Crippen LogP contribution is -2.38. The molecule has 0 saturated heterocycles. The summed E-state index contributed by atoms with van der Waals surface area (Å²) < 4.78 is 0. The van der Waals surface area contributed by atoms with Crippen LogP contribution in [0.1, 0.15) is 20.3 Å². The molecule has 2 N–H and O–H groups in total. The van der Waals surface area contributed by atoms with E-state index in [1.165, 1.54) is 0 Å². The summed E-state index contributed by atoms with van der Waals surface area (Å²) >= 11 is 0. The van der Waals surface area contributed by atoms with Crippen molar-refractivity contribution in [2.75, 3.05) is 40.3 Å². The molecule has 14 heavy (non-hydrogen) atoms. The summed E-state index contributed by atoms with van der Waals surface area (Å²) in [6, 6.07) is 0. The van der Waals surface area contributed by atoms with Gasteiger partial charge in [-0.15, -0.1) is 0 Å². The van der Waals surface area contributed by atoms with Crippen LogP contribution in [0.2, 0.25) is 0 Å². The summed E-state index contributed by atoms with van der Waals surface area (Å²) in [6.07, 6.45) is 1.13. The lowest BCUT2D eigenvalue weighted by atomic mass is 10.3. The molecule has 0 spiro atoms. The first kappa shape index (κ1) is 13.2. The summed E-state index contributed by atoms with van der Waals surface area (Å²) in [5, 5.41) is 0. The van der Waals surface area contributed by atoms with Gasteiger partial charge >= 0.3 is 0 Å². The summed E-state index contributed by atoms with van der Waals surface area (Å²) in [5.41, 5.74) is 5.82. The maximum absolute atomic E-state index is 5.82. The zero-order valence-electron chi connectivity index (χ0n) is 9.95. The number of guanidine groups is 1. The topological polar surface area (TPSA) is 44.9 Å². The smallest absolute Gasteiger partial charge is 0.191 e. The highest BCUT2D eigenvalue weighted by atomic mass is 15.2. The van der Waals surface area contributed by atoms with Crippen LogP contribution in [0.3, 0.4) is 0 Å². The van der Waals surface area contributed by atoms with Gasteiger partial charge in [0, 0.05) is 19.6 Å². The van der Waals surface area contributed by atoms with E-state index < -0.39 is 0 Å². The molecular formula is C10H24N4. The van der Waals surface area contributed by atoms with Gasteiger partial charge < -0.3 is 15.5 Å². The minimum Gasteiger partial charge on any atom is -0.370 e. The maximum Gasteiger partial charge on any atom is 0.191 e. The first-order chi connectivity index (χ1) is 6.61. The van der Waals surface area contributed by atoms with E-state index in [0.29, 0.717) is 5.96 Å². The molecule has 0 amide bonds. The molecule has 0 rings (SSSR count). The molecule has 0 aromatic rings. The number of hydrogen-bond acceptors (Lipinski definition) is 2. The zero-order valence-corrected chi connectivity index (χ0v) is 9.95. The van der Waals surface area contributed by atoms with Crippen molar-refractivity contribution in [2.24, 2.45) is 10.7 Å². The van der Waals surface area contributed by atoms with Gasteiger partial charge in [-0.2, -0.15) is 0 Å². The highest BCUT2D eigenvalue weighted by Gasteiger charge is 2.04. The van der Waals surface area contributed by atoms with Gasteiger partial charge in [-0.05, 0) is 40.9 Å². The van der Waals surface area contributed by atoms with Crippen molar-refractivity contribution in [3.8, 4) is 0 Å². The molecule has 84 valence electrons. The molecular weight excluding hydrogens is 176 g/mol. The van der Waals surface area contributed by atoms with Crippen molar-refractivity contribution in [1.82, 2.24) is 9.80 Å². The van der Waals surface area contributed by atoms with Crippen molar-refractivity contribution in [3.63, 3.8) is 0 Å². The summed E-state index contributed by atoms with van der Waals surface area (Å²) in [4.78, 5) is 8.50. The van der Waals surface area contributed by atoms with E-state index in [1.54, 1.807) is 0 Å². The Morgan fingerprint density at radius 2 is 1.86 bits per heavy atom. The van der Waals surface area contributed by atoms with Crippen molar-refractivity contribution in [1.29, 1.82) is 0 Å². The molecule has 0 heterocycles. The molecule has 0 radical (unpaired) electrons. The number of nitrogens with zero attached hydrogens (tertiary/aromatic N) is 3. The highest BCUT2D eigenvalue weighted by molar-refractivity contribution is 5.77. The van der Waals surface area contributed by atoms with Crippen molar-refractivity contribution < 1.29 is 0 Å². The van der Waals surface area contributed by atoms with E-state index in [4.69, 9.17) is 5.73 Å². The Hall–Kier alpha value is -0.770. The van der Waals surface area contributed by atoms with Crippen molar-refractivity contribution in [3.05, 3.63) is 0 Å². The van der Waals surface area contributed by atoms with E-state index in [9.17, 15) is 0 Å². The Morgan fingerprint density at radius 1 is 1.21 bits per heavy atom. The van der Waals surface area contributed by atoms with Gasteiger partial charge in [0.2, 0.25) is 0 Å². The zero-order chi connectivity index (χ0) is 11.0. The molecule has 0 aromatic heterocycles. The molecule has 0 aliphatic rings. The van der Waals surface area contributed by atoms with Gasteiger partial charge in [-0.3, -0.25) is 4.99 Å². The van der Waals surface area contributed by atoms with Gasteiger partial charge in [0.15, 0.2) is 5.96 Å². The Morgan fingerprint density at radius 3 is 2.29 bits per heavy atom. The Balaban J connectivity index is 3.85. The molecule has 0 unspecified atom stereocenters. The van der Waals surface area contributed by atoms with Gasteiger partial charge in [0.05, 0.1) is 0 Å². The van der Waals surface area contributed by atoms with E-state index in [0.717, 1.165) is 32.6 Å². The number of rotatable bonds is 6. The molecule has 0 atom stereocenters. The van der Waals surface area contributed by atoms with Crippen molar-refractivity contribution >= 4 is 5.96 Å². The van der Waals surface area contributed by atoms with Crippen LogP contribution in [0.15, 0.2) is 4.99 Å². The number of aliphatic imine (C=N–C) groups is 1. The van der Waals surface area contributed by atoms with Crippen molar-refractivity contribution in [2.45, 2.75) is 20.3 Å². The average molecular weight is 200 g/mol. The Kier molecular flexibility index (Phi) is 7.20. The lowest BCUT2D eigenvalue weighted by molar-refractivity contribution is 0.352. The molecule has 4 nitrogen and oxygen atoms in total. The fourth-order valence-corrected chi connectivity index (χ4v) is 1.27. The van der Waals surface area contributed by atoms with E-state index in [1.807, 2.05) is 6.92 Å². The fourth-order valence-electron chi connectivity index (χ4n) is 1.27. The largest absolute Gasteiger partial charge is 0.370 e. The SMILES string of the molecule is CCN=C(N)N(CC)CCCN(C)C. The summed E-state index contributed by atoms with van der Waals surface area (Å²) in [6.45, 7) is 7.88. The third-order valence-electron chi connectivity index (χ3n) is 2.06. The monoisotopic (exact) mass is 200 g/mol. The first-order valence-corrected chi connectivity index (χ1v) is 5.31. The Bertz CT molecular complexity index is 166. The maximum atomic E-state index is 5.82. The molecule has 0 saturated carbocycles. The summed E-state index contributed by atoms with van der Waals surface area (Å²) in [5.74, 6) is 0.675. The lowest BCUT2D eigenvalue weighted by Gasteiger charge is -2.22. The van der Waals surface area contributed by atoms with Gasteiger partial charge in [-0.25, -0.2) is 0 Å². The quantitative estimate of drug-likeness (QED) is 0.504. The third-order valence-corrected chi connectivity index (χ3v) is 2.06. The van der Waals surface area contributed by atoms with Crippen LogP contribution in [-0.4, -0.2) is 56.0 Å². The van der Waals surface area contributed by atoms with Crippen LogP contribution in [0.5, 0.6) is 0 Å². The minimum absolute atomic E-state index is 0.675. The molecule has 4 heteroatoms. The predicted octanol–water partition coefficient (Wildman–Crippen LogP) is 0.595. The number of hydrogen-bond donors (Lipinski definition) is 1. The van der Waals surface area contributed by atoms with Crippen LogP contribution in [0.4, 0.5) is 0 Å². The average Bonchev–Trinajstić information content (AvgIpc) is 2.12. The molecule has 0 bridgehead atoms. The fraction of sp³-hybridized carbons (Fsp3) is 0.900.